The Labute approximate surface area is 148 Å². The number of ether oxygens (including phenoxy) is 2. The van der Waals surface area contributed by atoms with Crippen molar-refractivity contribution in [2.24, 2.45) is 5.92 Å². The quantitative estimate of drug-likeness (QED) is 0.483. The second-order valence-corrected chi connectivity index (χ2v) is 6.61. The van der Waals surface area contributed by atoms with Gasteiger partial charge in [-0.15, -0.1) is 0 Å². The molecule has 0 amide bonds. The highest BCUT2D eigenvalue weighted by atomic mass is 16.6. The number of hydrogen-bond donors (Lipinski definition) is 1. The van der Waals surface area contributed by atoms with E-state index in [1.54, 1.807) is 26.0 Å². The first-order valence-electron chi connectivity index (χ1n) is 8.57. The summed E-state index contributed by atoms with van der Waals surface area (Å²) in [5, 5.41) is 9.56. The molecule has 0 saturated carbocycles. The SMILES string of the molecule is C=C1C(=O)O[C@@H]2/C=C(\CO)CC/C=C(\C)C[C@@H](OC(=O)/C(C)=C/C)[C@@H]12. The predicted octanol–water partition coefficient (Wildman–Crippen LogP) is 3.01. The fourth-order valence-corrected chi connectivity index (χ4v) is 3.12. The van der Waals surface area contributed by atoms with Gasteiger partial charge in [0.05, 0.1) is 12.5 Å². The fraction of sp³-hybridized carbons (Fsp3) is 0.500. The minimum absolute atomic E-state index is 0.0950. The van der Waals surface area contributed by atoms with Crippen LogP contribution >= 0.6 is 0 Å². The van der Waals surface area contributed by atoms with Crippen molar-refractivity contribution in [2.75, 3.05) is 6.61 Å². The molecule has 1 saturated heterocycles. The van der Waals surface area contributed by atoms with Crippen LogP contribution < -0.4 is 0 Å². The maximum atomic E-state index is 12.3. The van der Waals surface area contributed by atoms with Gasteiger partial charge in [0.2, 0.25) is 0 Å². The summed E-state index contributed by atoms with van der Waals surface area (Å²) in [5.41, 5.74) is 2.69. The van der Waals surface area contributed by atoms with Crippen molar-refractivity contribution in [1.29, 1.82) is 0 Å². The van der Waals surface area contributed by atoms with E-state index in [0.717, 1.165) is 17.6 Å². The van der Waals surface area contributed by atoms with Crippen LogP contribution in [0.3, 0.4) is 0 Å². The summed E-state index contributed by atoms with van der Waals surface area (Å²) >= 11 is 0. The van der Waals surface area contributed by atoms with Crippen molar-refractivity contribution in [3.05, 3.63) is 47.1 Å². The Bertz CT molecular complexity index is 653. The largest absolute Gasteiger partial charge is 0.458 e. The highest BCUT2D eigenvalue weighted by Crippen LogP contribution is 2.36. The van der Waals surface area contributed by atoms with Crippen LogP contribution in [0.2, 0.25) is 0 Å². The molecule has 5 heteroatoms. The van der Waals surface area contributed by atoms with Gasteiger partial charge < -0.3 is 14.6 Å². The summed E-state index contributed by atoms with van der Waals surface area (Å²) in [6, 6.07) is 0. The first kappa shape index (κ1) is 19.2. The number of aliphatic hydroxyl groups is 1. The normalized spacial score (nSPS) is 32.0. The van der Waals surface area contributed by atoms with Crippen molar-refractivity contribution in [2.45, 2.75) is 52.2 Å². The molecule has 1 heterocycles. The van der Waals surface area contributed by atoms with Crippen molar-refractivity contribution in [3.8, 4) is 0 Å². The molecular weight excluding hydrogens is 320 g/mol. The smallest absolute Gasteiger partial charge is 0.334 e. The van der Waals surface area contributed by atoms with E-state index in [9.17, 15) is 14.7 Å². The molecular formula is C20H26O5. The molecule has 3 atom stereocenters. The molecule has 1 aliphatic heterocycles. The van der Waals surface area contributed by atoms with Gasteiger partial charge in [0.15, 0.2) is 0 Å². The van der Waals surface area contributed by atoms with Crippen molar-refractivity contribution >= 4 is 11.9 Å². The summed E-state index contributed by atoms with van der Waals surface area (Å²) in [6.45, 7) is 9.20. The lowest BCUT2D eigenvalue weighted by Crippen LogP contribution is -2.33. The zero-order valence-electron chi connectivity index (χ0n) is 15.1. The highest BCUT2D eigenvalue weighted by Gasteiger charge is 2.44. The van der Waals surface area contributed by atoms with Gasteiger partial charge in [-0.05, 0) is 45.3 Å². The number of carbonyl (C=O) groups excluding carboxylic acids is 2. The van der Waals surface area contributed by atoms with Crippen LogP contribution in [0, 0.1) is 5.92 Å². The third-order valence-electron chi connectivity index (χ3n) is 4.76. The van der Waals surface area contributed by atoms with Crippen molar-refractivity contribution in [3.63, 3.8) is 0 Å². The maximum absolute atomic E-state index is 12.3. The maximum Gasteiger partial charge on any atom is 0.334 e. The van der Waals surface area contributed by atoms with Gasteiger partial charge in [-0.3, -0.25) is 0 Å². The van der Waals surface area contributed by atoms with E-state index >= 15 is 0 Å². The summed E-state index contributed by atoms with van der Waals surface area (Å²) in [4.78, 5) is 24.3. The molecule has 25 heavy (non-hydrogen) atoms. The van der Waals surface area contributed by atoms with Gasteiger partial charge in [-0.1, -0.05) is 24.3 Å². The van der Waals surface area contributed by atoms with Gasteiger partial charge in [0.1, 0.15) is 12.2 Å². The van der Waals surface area contributed by atoms with E-state index in [0.29, 0.717) is 24.0 Å². The van der Waals surface area contributed by atoms with Crippen LogP contribution in [-0.2, 0) is 19.1 Å². The topological polar surface area (TPSA) is 72.8 Å². The van der Waals surface area contributed by atoms with E-state index in [1.807, 2.05) is 6.92 Å². The summed E-state index contributed by atoms with van der Waals surface area (Å²) in [6.07, 6.45) is 6.42. The third-order valence-corrected chi connectivity index (χ3v) is 4.76. The molecule has 0 aromatic heterocycles. The van der Waals surface area contributed by atoms with Crippen molar-refractivity contribution in [1.82, 2.24) is 0 Å². The van der Waals surface area contributed by atoms with Crippen LogP contribution in [0.5, 0.6) is 0 Å². The number of esters is 2. The molecule has 1 N–H and O–H groups in total. The molecule has 1 aliphatic carbocycles. The predicted molar refractivity (Wildman–Crippen MR) is 94.6 cm³/mol. The van der Waals surface area contributed by atoms with Gasteiger partial charge in [-0.2, -0.15) is 0 Å². The van der Waals surface area contributed by atoms with Gasteiger partial charge in [0, 0.05) is 17.6 Å². The number of carbonyl (C=O) groups is 2. The molecule has 1 fully saturated rings. The summed E-state index contributed by atoms with van der Waals surface area (Å²) < 4.78 is 11.1. The van der Waals surface area contributed by atoms with E-state index in [4.69, 9.17) is 9.47 Å². The standard InChI is InChI=1S/C20H26O5/c1-5-13(3)19(22)24-16-9-12(2)7-6-8-15(11-21)10-17-18(16)14(4)20(23)25-17/h5,7,10,16-18,21H,4,6,8-9,11H2,1-3H3/b12-7+,13-5+,15-10-/t16-,17-,18-/m1/s1. The third kappa shape index (κ3) is 4.48. The zero-order chi connectivity index (χ0) is 18.6. The van der Waals surface area contributed by atoms with Crippen LogP contribution in [0.1, 0.15) is 40.0 Å². The molecule has 2 aliphatic rings. The van der Waals surface area contributed by atoms with E-state index in [1.165, 1.54) is 0 Å². The number of allylic oxidation sites excluding steroid dienone is 2. The lowest BCUT2D eigenvalue weighted by Gasteiger charge is -2.27. The molecule has 0 radical (unpaired) electrons. The molecule has 0 unspecified atom stereocenters. The second kappa shape index (κ2) is 8.30. The molecule has 136 valence electrons. The Hall–Kier alpha value is -2.14. The fourth-order valence-electron chi connectivity index (χ4n) is 3.12. The number of aliphatic hydroxyl groups excluding tert-OH is 1. The summed E-state index contributed by atoms with van der Waals surface area (Å²) in [5.74, 6) is -1.34. The zero-order valence-corrected chi connectivity index (χ0v) is 15.1. The minimum Gasteiger partial charge on any atom is -0.458 e. The Morgan fingerprint density at radius 2 is 2.24 bits per heavy atom. The molecule has 2 rings (SSSR count). The minimum atomic E-state index is -0.572. The number of rotatable bonds is 3. The van der Waals surface area contributed by atoms with E-state index in [-0.39, 0.29) is 6.61 Å². The van der Waals surface area contributed by atoms with E-state index < -0.39 is 30.1 Å². The average molecular weight is 346 g/mol. The number of hydrogen-bond acceptors (Lipinski definition) is 5. The van der Waals surface area contributed by atoms with Crippen molar-refractivity contribution < 1.29 is 24.2 Å². The Balaban J connectivity index is 2.40. The van der Waals surface area contributed by atoms with Gasteiger partial charge >= 0.3 is 11.9 Å². The van der Waals surface area contributed by atoms with E-state index in [2.05, 4.69) is 12.7 Å². The average Bonchev–Trinajstić information content (AvgIpc) is 2.86. The lowest BCUT2D eigenvalue weighted by atomic mass is 9.85. The first-order chi connectivity index (χ1) is 11.9. The van der Waals surface area contributed by atoms with Gasteiger partial charge in [-0.25, -0.2) is 9.59 Å². The summed E-state index contributed by atoms with van der Waals surface area (Å²) in [7, 11) is 0. The Morgan fingerprint density at radius 3 is 2.88 bits per heavy atom. The highest BCUT2D eigenvalue weighted by molar-refractivity contribution is 5.92. The molecule has 5 nitrogen and oxygen atoms in total. The Morgan fingerprint density at radius 1 is 1.52 bits per heavy atom. The second-order valence-electron chi connectivity index (χ2n) is 6.61. The first-order valence-corrected chi connectivity index (χ1v) is 8.57. The lowest BCUT2D eigenvalue weighted by molar-refractivity contribution is -0.147. The Kier molecular flexibility index (Phi) is 6.37. The van der Waals surface area contributed by atoms with Crippen LogP contribution in [0.15, 0.2) is 47.1 Å². The molecule has 0 spiro atoms. The van der Waals surface area contributed by atoms with Crippen LogP contribution in [-0.4, -0.2) is 35.9 Å². The monoisotopic (exact) mass is 346 g/mol. The molecule has 0 bridgehead atoms. The van der Waals surface area contributed by atoms with Gasteiger partial charge in [0.25, 0.3) is 0 Å². The van der Waals surface area contributed by atoms with Crippen LogP contribution in [0.25, 0.3) is 0 Å². The molecule has 0 aromatic rings. The number of fused-ring (bicyclic) bond motifs is 1. The van der Waals surface area contributed by atoms with Crippen LogP contribution in [0.4, 0.5) is 0 Å². The molecule has 0 aromatic carbocycles.